The molecule has 4 rings (SSSR count). The van der Waals surface area contributed by atoms with Gasteiger partial charge in [-0.25, -0.2) is 0 Å². The maximum atomic E-state index is 10.8. The Hall–Kier alpha value is -2.04. The lowest BCUT2D eigenvalue weighted by atomic mass is 9.93. The van der Waals surface area contributed by atoms with E-state index in [0.717, 1.165) is 66.6 Å². The highest BCUT2D eigenvalue weighted by Gasteiger charge is 2.28. The van der Waals surface area contributed by atoms with Crippen LogP contribution in [-0.4, -0.2) is 18.6 Å². The topological polar surface area (TPSA) is 85.2 Å². The van der Waals surface area contributed by atoms with Crippen LogP contribution in [0.1, 0.15) is 60.1 Å². The first-order valence-electron chi connectivity index (χ1n) is 10.5. The van der Waals surface area contributed by atoms with E-state index in [1.807, 2.05) is 19.2 Å². The van der Waals surface area contributed by atoms with Crippen LogP contribution in [0.4, 0.5) is 5.69 Å². The third kappa shape index (κ3) is 5.24. The number of carbonyl (C=O) groups excluding carboxylic acids is 1. The maximum Gasteiger partial charge on any atom is 0.211 e. The number of hydrogen-bond acceptors (Lipinski definition) is 5. The molecule has 0 saturated carbocycles. The molecule has 3 N–H and O–H groups in total. The fourth-order valence-electron chi connectivity index (χ4n) is 4.42. The van der Waals surface area contributed by atoms with Gasteiger partial charge in [-0.15, -0.1) is 0 Å². The van der Waals surface area contributed by atoms with E-state index < -0.39 is 5.60 Å². The number of hydrogen-bond donors (Lipinski definition) is 3. The van der Waals surface area contributed by atoms with Crippen molar-refractivity contribution in [2.45, 2.75) is 62.9 Å². The number of anilines is 1. The van der Waals surface area contributed by atoms with Crippen LogP contribution in [0.15, 0.2) is 23.1 Å². The number of nitrogens with zero attached hydrogens (tertiary/aromatic N) is 1. The molecule has 31 heavy (non-hydrogen) atoms. The minimum Gasteiger partial charge on any atom is -0.386 e. The molecule has 164 valence electrons. The lowest BCUT2D eigenvalue weighted by Crippen LogP contribution is -2.15. The van der Waals surface area contributed by atoms with Crippen molar-refractivity contribution >= 4 is 35.6 Å². The van der Waals surface area contributed by atoms with Crippen LogP contribution >= 0.6 is 23.5 Å². The summed E-state index contributed by atoms with van der Waals surface area (Å²) >= 11 is 7.41. The van der Waals surface area contributed by atoms with Gasteiger partial charge in [-0.2, -0.15) is 5.26 Å². The first-order valence-corrected chi connectivity index (χ1v) is 11.7. The summed E-state index contributed by atoms with van der Waals surface area (Å²) in [6, 6.07) is 7.94. The zero-order valence-electron chi connectivity index (χ0n) is 18.1. The van der Waals surface area contributed by atoms with Crippen molar-refractivity contribution in [2.75, 3.05) is 12.4 Å². The van der Waals surface area contributed by atoms with Gasteiger partial charge in [0, 0.05) is 15.6 Å². The van der Waals surface area contributed by atoms with E-state index in [-0.39, 0.29) is 0 Å². The molecule has 0 aromatic heterocycles. The second-order valence-electron chi connectivity index (χ2n) is 8.29. The Morgan fingerprint density at radius 2 is 1.68 bits per heavy atom. The Labute approximate surface area is 193 Å². The van der Waals surface area contributed by atoms with E-state index in [1.54, 1.807) is 19.9 Å². The van der Waals surface area contributed by atoms with Gasteiger partial charge >= 0.3 is 0 Å². The number of nitrogens with one attached hydrogen (secondary N) is 2. The summed E-state index contributed by atoms with van der Waals surface area (Å²) in [6.45, 7) is 3.49. The van der Waals surface area contributed by atoms with Crippen molar-refractivity contribution in [3.05, 3.63) is 56.6 Å². The predicted molar refractivity (Wildman–Crippen MR) is 127 cm³/mol. The molecule has 0 unspecified atom stereocenters. The molecule has 1 amide bonds. The van der Waals surface area contributed by atoms with Crippen LogP contribution in [0.5, 0.6) is 0 Å². The van der Waals surface area contributed by atoms with Gasteiger partial charge < -0.3 is 10.4 Å². The van der Waals surface area contributed by atoms with E-state index in [4.69, 9.17) is 11.6 Å². The maximum absolute atomic E-state index is 10.8. The van der Waals surface area contributed by atoms with Gasteiger partial charge in [0.05, 0.1) is 17.2 Å². The molecule has 0 bridgehead atoms. The summed E-state index contributed by atoms with van der Waals surface area (Å²) in [5, 5.41) is 22.7. The zero-order valence-corrected chi connectivity index (χ0v) is 19.7. The molecule has 2 aliphatic rings. The molecule has 0 saturated heterocycles. The summed E-state index contributed by atoms with van der Waals surface area (Å²) in [7, 11) is 1.84. The highest BCUT2D eigenvalue weighted by molar-refractivity contribution is 7.97. The summed E-state index contributed by atoms with van der Waals surface area (Å²) in [4.78, 5) is 11.7. The number of benzene rings is 2. The fraction of sp³-hybridized carbons (Fsp3) is 0.417. The number of halogens is 1. The Morgan fingerprint density at radius 1 is 1.10 bits per heavy atom. The van der Waals surface area contributed by atoms with Crippen molar-refractivity contribution in [2.24, 2.45) is 0 Å². The summed E-state index contributed by atoms with van der Waals surface area (Å²) in [5.74, 6) is 0. The summed E-state index contributed by atoms with van der Waals surface area (Å²) in [6.07, 6.45) is 6.92. The van der Waals surface area contributed by atoms with Crippen LogP contribution < -0.4 is 10.0 Å². The van der Waals surface area contributed by atoms with E-state index >= 15 is 0 Å². The van der Waals surface area contributed by atoms with E-state index in [0.29, 0.717) is 5.02 Å². The molecular weight excluding hydrogens is 430 g/mol. The van der Waals surface area contributed by atoms with Crippen molar-refractivity contribution in [3.8, 4) is 6.07 Å². The van der Waals surface area contributed by atoms with Crippen LogP contribution in [0.3, 0.4) is 0 Å². The highest BCUT2D eigenvalue weighted by atomic mass is 35.5. The highest BCUT2D eigenvalue weighted by Crippen LogP contribution is 2.41. The Bertz CT molecular complexity index is 990. The fourth-order valence-corrected chi connectivity index (χ4v) is 5.32. The average Bonchev–Trinajstić information content (AvgIpc) is 3.38. The Kier molecular flexibility index (Phi) is 7.66. The molecule has 2 aromatic rings. The smallest absolute Gasteiger partial charge is 0.211 e. The largest absolute Gasteiger partial charge is 0.386 e. The summed E-state index contributed by atoms with van der Waals surface area (Å²) in [5.41, 5.74) is 6.70. The molecule has 0 aliphatic heterocycles. The molecule has 0 spiro atoms. The first kappa shape index (κ1) is 23.6. The molecule has 7 heteroatoms. The quantitative estimate of drug-likeness (QED) is 0.439. The third-order valence-corrected chi connectivity index (χ3v) is 6.65. The van der Waals surface area contributed by atoms with Gasteiger partial charge in [0.1, 0.15) is 0 Å². The third-order valence-electron chi connectivity index (χ3n) is 5.76. The van der Waals surface area contributed by atoms with Gasteiger partial charge in [-0.3, -0.25) is 9.52 Å². The Morgan fingerprint density at radius 3 is 2.16 bits per heavy atom. The Balaban J connectivity index is 0.000000180. The molecule has 0 atom stereocenters. The SMILES string of the molecule is CNSc1cc(Cl)cc(C(C)(C)O)c1.N#Cc1c2c(c(NC=O)c3c1CCC3)CCC2. The van der Waals surface area contributed by atoms with E-state index in [2.05, 4.69) is 16.1 Å². The van der Waals surface area contributed by atoms with Crippen molar-refractivity contribution in [1.82, 2.24) is 4.72 Å². The lowest BCUT2D eigenvalue weighted by Gasteiger charge is -2.18. The van der Waals surface area contributed by atoms with Crippen molar-refractivity contribution in [1.29, 1.82) is 5.26 Å². The standard InChI is InChI=1S/C14H14N2O.C10H14ClNOS/c15-7-13-9-3-1-5-11(9)14(16-8-17)12-6-2-4-10(12)13;1-10(2,13)7-4-8(11)6-9(5-7)14-12-3/h8H,1-6H2,(H,16,17);4-6,12-13H,1-3H3. The lowest BCUT2D eigenvalue weighted by molar-refractivity contribution is -0.105. The van der Waals surface area contributed by atoms with Crippen molar-refractivity contribution < 1.29 is 9.90 Å². The average molecular weight is 458 g/mol. The van der Waals surface area contributed by atoms with Crippen LogP contribution in [0, 0.1) is 11.3 Å². The normalized spacial score (nSPS) is 14.2. The minimum absolute atomic E-state index is 0.641. The van der Waals surface area contributed by atoms with Gasteiger partial charge in [-0.05, 0) is 117 Å². The van der Waals surface area contributed by atoms with Gasteiger partial charge in [-0.1, -0.05) is 11.6 Å². The van der Waals surface area contributed by atoms with Crippen molar-refractivity contribution in [3.63, 3.8) is 0 Å². The molecule has 0 fully saturated rings. The van der Waals surface area contributed by atoms with E-state index in [9.17, 15) is 15.2 Å². The predicted octanol–water partition coefficient (Wildman–Crippen LogP) is 4.90. The molecule has 2 aromatic carbocycles. The number of nitriles is 1. The van der Waals surface area contributed by atoms with E-state index in [1.165, 1.54) is 34.2 Å². The number of fused-ring (bicyclic) bond motifs is 2. The monoisotopic (exact) mass is 457 g/mol. The van der Waals surface area contributed by atoms with Crippen LogP contribution in [-0.2, 0) is 36.1 Å². The minimum atomic E-state index is -0.853. The molecule has 5 nitrogen and oxygen atoms in total. The van der Waals surface area contributed by atoms with Gasteiger partial charge in [0.15, 0.2) is 0 Å². The number of rotatable bonds is 5. The first-order chi connectivity index (χ1) is 14.8. The number of aliphatic hydroxyl groups is 1. The molecule has 0 heterocycles. The number of amides is 1. The zero-order chi connectivity index (χ0) is 22.6. The van der Waals surface area contributed by atoms with Crippen LogP contribution in [0.2, 0.25) is 5.02 Å². The molecular formula is C24H28ClN3O2S. The van der Waals surface area contributed by atoms with Crippen LogP contribution in [0.25, 0.3) is 0 Å². The molecule has 2 aliphatic carbocycles. The summed E-state index contributed by atoms with van der Waals surface area (Å²) < 4.78 is 2.97. The second-order valence-corrected chi connectivity index (χ2v) is 9.81. The number of carbonyl (C=O) groups is 1. The van der Waals surface area contributed by atoms with Gasteiger partial charge in [0.25, 0.3) is 0 Å². The molecule has 0 radical (unpaired) electrons. The van der Waals surface area contributed by atoms with Gasteiger partial charge in [0.2, 0.25) is 6.41 Å². The second kappa shape index (κ2) is 10.1.